The van der Waals surface area contributed by atoms with Crippen LogP contribution in [0, 0.1) is 5.92 Å². The van der Waals surface area contributed by atoms with Gasteiger partial charge in [-0.05, 0) is 18.6 Å². The van der Waals surface area contributed by atoms with E-state index in [1.54, 1.807) is 12.1 Å². The Bertz CT molecular complexity index is 590. The molecule has 0 bridgehead atoms. The predicted molar refractivity (Wildman–Crippen MR) is 64.5 cm³/mol. The zero-order valence-electron chi connectivity index (χ0n) is 10.1. The lowest BCUT2D eigenvalue weighted by molar-refractivity contribution is -0.141. The molecule has 0 aromatic heterocycles. The highest BCUT2D eigenvalue weighted by molar-refractivity contribution is 7.92. The van der Waals surface area contributed by atoms with E-state index in [9.17, 15) is 13.2 Å². The molecule has 98 valence electrons. The Labute approximate surface area is 105 Å². The van der Waals surface area contributed by atoms with Gasteiger partial charge in [-0.1, -0.05) is 13.0 Å². The van der Waals surface area contributed by atoms with Crippen LogP contribution in [0.25, 0.3) is 0 Å². The molecule has 2 rings (SSSR count). The van der Waals surface area contributed by atoms with E-state index in [1.165, 1.54) is 20.1 Å². The van der Waals surface area contributed by atoms with Gasteiger partial charge in [-0.2, -0.15) is 0 Å². The smallest absolute Gasteiger partial charge is 0.307 e. The third-order valence-electron chi connectivity index (χ3n) is 3.37. The van der Waals surface area contributed by atoms with Crippen molar-refractivity contribution in [3.05, 3.63) is 23.8 Å². The topological polar surface area (TPSA) is 80.7 Å². The molecule has 1 heterocycles. The van der Waals surface area contributed by atoms with Gasteiger partial charge in [-0.3, -0.25) is 4.79 Å². The molecule has 0 saturated carbocycles. The summed E-state index contributed by atoms with van der Waals surface area (Å²) in [7, 11) is -2.12. The predicted octanol–water partition coefficient (Wildman–Crippen LogP) is 1.11. The maximum Gasteiger partial charge on any atom is 0.307 e. The van der Waals surface area contributed by atoms with Crippen molar-refractivity contribution in [1.29, 1.82) is 0 Å². The Morgan fingerprint density at radius 2 is 2.17 bits per heavy atom. The Morgan fingerprint density at radius 3 is 2.72 bits per heavy atom. The van der Waals surface area contributed by atoms with Crippen LogP contribution in [0.5, 0.6) is 5.75 Å². The molecule has 2 unspecified atom stereocenters. The summed E-state index contributed by atoms with van der Waals surface area (Å²) < 4.78 is 29.7. The fourth-order valence-corrected chi connectivity index (χ4v) is 4.44. The third-order valence-corrected chi connectivity index (χ3v) is 5.74. The van der Waals surface area contributed by atoms with Gasteiger partial charge >= 0.3 is 5.97 Å². The number of methoxy groups -OCH3 is 1. The molecule has 1 N–H and O–H groups in total. The van der Waals surface area contributed by atoms with Crippen molar-refractivity contribution in [1.82, 2.24) is 0 Å². The highest BCUT2D eigenvalue weighted by atomic mass is 32.2. The van der Waals surface area contributed by atoms with Crippen molar-refractivity contribution in [2.75, 3.05) is 7.11 Å². The molecule has 0 aliphatic carbocycles. The number of fused-ring (bicyclic) bond motifs is 1. The van der Waals surface area contributed by atoms with E-state index in [2.05, 4.69) is 0 Å². The summed E-state index contributed by atoms with van der Waals surface area (Å²) in [6.45, 7) is 1.42. The summed E-state index contributed by atoms with van der Waals surface area (Å²) in [4.78, 5) is 11.2. The van der Waals surface area contributed by atoms with E-state index in [4.69, 9.17) is 9.84 Å². The van der Waals surface area contributed by atoms with Gasteiger partial charge in [0.05, 0.1) is 23.2 Å². The van der Waals surface area contributed by atoms with E-state index < -0.39 is 27.0 Å². The number of carbonyl (C=O) groups is 1. The summed E-state index contributed by atoms with van der Waals surface area (Å²) in [6.07, 6.45) is 0.190. The minimum absolute atomic E-state index is 0.190. The molecule has 0 saturated heterocycles. The Morgan fingerprint density at radius 1 is 1.50 bits per heavy atom. The van der Waals surface area contributed by atoms with Crippen LogP contribution in [0.4, 0.5) is 0 Å². The SMILES string of the molecule is COc1cccc2c1CC(C(C)C(=O)O)S2(=O)=O. The molecule has 0 radical (unpaired) electrons. The van der Waals surface area contributed by atoms with E-state index >= 15 is 0 Å². The van der Waals surface area contributed by atoms with Crippen molar-refractivity contribution < 1.29 is 23.1 Å². The van der Waals surface area contributed by atoms with Crippen molar-refractivity contribution in [3.63, 3.8) is 0 Å². The number of hydrogen-bond donors (Lipinski definition) is 1. The van der Waals surface area contributed by atoms with Crippen molar-refractivity contribution in [2.45, 2.75) is 23.5 Å². The number of benzene rings is 1. The number of aliphatic carboxylic acids is 1. The van der Waals surface area contributed by atoms with Crippen LogP contribution in [0.2, 0.25) is 0 Å². The zero-order chi connectivity index (χ0) is 13.5. The van der Waals surface area contributed by atoms with Gasteiger partial charge in [0.25, 0.3) is 0 Å². The zero-order valence-corrected chi connectivity index (χ0v) is 10.9. The van der Waals surface area contributed by atoms with Crippen molar-refractivity contribution in [2.24, 2.45) is 5.92 Å². The average Bonchev–Trinajstić information content (AvgIpc) is 2.60. The lowest BCUT2D eigenvalue weighted by atomic mass is 10.0. The molecule has 1 aliphatic rings. The molecular formula is C12H14O5S. The van der Waals surface area contributed by atoms with Crippen molar-refractivity contribution in [3.8, 4) is 5.75 Å². The number of sulfone groups is 1. The van der Waals surface area contributed by atoms with Gasteiger partial charge in [0.2, 0.25) is 0 Å². The van der Waals surface area contributed by atoms with Crippen LogP contribution >= 0.6 is 0 Å². The first-order chi connectivity index (χ1) is 8.39. The van der Waals surface area contributed by atoms with Crippen LogP contribution < -0.4 is 4.74 Å². The van der Waals surface area contributed by atoms with Crippen molar-refractivity contribution >= 4 is 15.8 Å². The molecule has 5 nitrogen and oxygen atoms in total. The molecule has 1 aromatic carbocycles. The summed E-state index contributed by atoms with van der Waals surface area (Å²) in [6, 6.07) is 4.78. The van der Waals surface area contributed by atoms with E-state index in [1.807, 2.05) is 0 Å². The number of ether oxygens (including phenoxy) is 1. The quantitative estimate of drug-likeness (QED) is 0.890. The molecule has 2 atom stereocenters. The lowest BCUT2D eigenvalue weighted by Gasteiger charge is -2.13. The second-order valence-electron chi connectivity index (χ2n) is 4.35. The first kappa shape index (κ1) is 12.9. The molecule has 1 aromatic rings. The standard InChI is InChI=1S/C12H14O5S/c1-7(12(13)14)11-6-8-9(17-2)4-3-5-10(8)18(11,15)16/h3-5,7,11H,6H2,1-2H3,(H,13,14). The van der Waals surface area contributed by atoms with Gasteiger partial charge in [0.1, 0.15) is 5.75 Å². The summed E-state index contributed by atoms with van der Waals surface area (Å²) >= 11 is 0. The Hall–Kier alpha value is -1.56. The first-order valence-corrected chi connectivity index (χ1v) is 7.06. The highest BCUT2D eigenvalue weighted by Gasteiger charge is 2.43. The second kappa shape index (κ2) is 4.28. The van der Waals surface area contributed by atoms with Gasteiger partial charge in [0.15, 0.2) is 9.84 Å². The average molecular weight is 270 g/mol. The van der Waals surface area contributed by atoms with E-state index in [-0.39, 0.29) is 11.3 Å². The van der Waals surface area contributed by atoms with E-state index in [0.717, 1.165) is 0 Å². The molecule has 6 heteroatoms. The Balaban J connectivity index is 2.54. The largest absolute Gasteiger partial charge is 0.496 e. The van der Waals surface area contributed by atoms with Gasteiger partial charge < -0.3 is 9.84 Å². The molecule has 18 heavy (non-hydrogen) atoms. The Kier molecular flexibility index (Phi) is 3.06. The molecule has 0 fully saturated rings. The molecule has 0 amide bonds. The van der Waals surface area contributed by atoms with Crippen LogP contribution in [0.1, 0.15) is 12.5 Å². The normalized spacial score (nSPS) is 22.2. The fraction of sp³-hybridized carbons (Fsp3) is 0.417. The third kappa shape index (κ3) is 1.77. The van der Waals surface area contributed by atoms with Gasteiger partial charge in [0, 0.05) is 5.56 Å². The van der Waals surface area contributed by atoms with Gasteiger partial charge in [-0.25, -0.2) is 8.42 Å². The summed E-state index contributed by atoms with van der Waals surface area (Å²) in [5.74, 6) is -1.54. The fourth-order valence-electron chi connectivity index (χ4n) is 2.28. The second-order valence-corrected chi connectivity index (χ2v) is 6.49. The van der Waals surface area contributed by atoms with Crippen LogP contribution in [0.3, 0.4) is 0 Å². The highest BCUT2D eigenvalue weighted by Crippen LogP contribution is 2.39. The maximum absolute atomic E-state index is 12.3. The number of hydrogen-bond acceptors (Lipinski definition) is 4. The summed E-state index contributed by atoms with van der Waals surface area (Å²) in [5, 5.41) is 8.07. The van der Waals surface area contributed by atoms with Gasteiger partial charge in [-0.15, -0.1) is 0 Å². The molecule has 1 aliphatic heterocycles. The maximum atomic E-state index is 12.3. The minimum Gasteiger partial charge on any atom is -0.496 e. The van der Waals surface area contributed by atoms with Crippen LogP contribution in [-0.2, 0) is 21.1 Å². The first-order valence-electron chi connectivity index (χ1n) is 5.52. The minimum atomic E-state index is -3.58. The molecule has 0 spiro atoms. The monoisotopic (exact) mass is 270 g/mol. The summed E-state index contributed by atoms with van der Waals surface area (Å²) in [5.41, 5.74) is 0.582. The number of carboxylic acids is 1. The van der Waals surface area contributed by atoms with Crippen LogP contribution in [0.15, 0.2) is 23.1 Å². The molecular weight excluding hydrogens is 256 g/mol. The number of carboxylic acid groups (broad SMARTS) is 1. The number of rotatable bonds is 3. The van der Waals surface area contributed by atoms with Crippen LogP contribution in [-0.4, -0.2) is 31.9 Å². The lowest BCUT2D eigenvalue weighted by Crippen LogP contribution is -2.30. The van der Waals surface area contributed by atoms with E-state index in [0.29, 0.717) is 11.3 Å².